The van der Waals surface area contributed by atoms with E-state index in [1.807, 2.05) is 0 Å². The minimum Gasteiger partial charge on any atom is -0.496 e. The number of benzene rings is 1. The van der Waals surface area contributed by atoms with Gasteiger partial charge in [0, 0.05) is 24.7 Å². The van der Waals surface area contributed by atoms with E-state index in [4.69, 9.17) is 9.84 Å². The summed E-state index contributed by atoms with van der Waals surface area (Å²) in [5, 5.41) is 13.6. The molecule has 8 heteroatoms. The molecule has 1 aromatic rings. The van der Waals surface area contributed by atoms with Crippen molar-refractivity contribution in [3.8, 4) is 5.75 Å². The molecule has 0 unspecified atom stereocenters. The molecule has 8 nitrogen and oxygen atoms in total. The van der Waals surface area contributed by atoms with Crippen LogP contribution in [0.3, 0.4) is 0 Å². The minimum atomic E-state index is -0.912. The van der Waals surface area contributed by atoms with Gasteiger partial charge in [0.15, 0.2) is 0 Å². The van der Waals surface area contributed by atoms with Crippen molar-refractivity contribution >= 4 is 23.7 Å². The molecule has 1 rings (SSSR count). The van der Waals surface area contributed by atoms with E-state index in [9.17, 15) is 14.4 Å². The molecule has 0 aliphatic heterocycles. The van der Waals surface area contributed by atoms with Gasteiger partial charge in [0.25, 0.3) is 0 Å². The second-order valence-corrected chi connectivity index (χ2v) is 4.28. The van der Waals surface area contributed by atoms with Gasteiger partial charge in [-0.1, -0.05) is 0 Å². The Bertz CT molecular complexity index is 558. The molecular weight excluding hydrogens is 292 g/mol. The Morgan fingerprint density at radius 3 is 2.55 bits per heavy atom. The molecule has 0 spiro atoms. The lowest BCUT2D eigenvalue weighted by molar-refractivity contribution is -0.137. The normalized spacial score (nSPS) is 9.73. The monoisotopic (exact) mass is 310 g/mol. The molecule has 0 heterocycles. The van der Waals surface area contributed by atoms with Crippen molar-refractivity contribution in [2.24, 2.45) is 0 Å². The molecule has 120 valence electrons. The number of methoxy groups -OCH3 is 2. The van der Waals surface area contributed by atoms with Crippen LogP contribution in [0.1, 0.15) is 23.2 Å². The largest absolute Gasteiger partial charge is 0.496 e. The summed E-state index contributed by atoms with van der Waals surface area (Å²) in [6, 6.07) is 4.03. The fraction of sp³-hybridized carbons (Fsp3) is 0.357. The number of carboxylic acid groups (broad SMARTS) is 1. The summed E-state index contributed by atoms with van der Waals surface area (Å²) in [5.41, 5.74) is 0.678. The fourth-order valence-electron chi connectivity index (χ4n) is 1.66. The van der Waals surface area contributed by atoms with Crippen molar-refractivity contribution in [2.75, 3.05) is 26.1 Å². The van der Waals surface area contributed by atoms with Crippen molar-refractivity contribution in [1.29, 1.82) is 0 Å². The Morgan fingerprint density at radius 2 is 1.95 bits per heavy atom. The molecule has 22 heavy (non-hydrogen) atoms. The van der Waals surface area contributed by atoms with E-state index in [2.05, 4.69) is 15.4 Å². The zero-order valence-corrected chi connectivity index (χ0v) is 12.3. The summed E-state index contributed by atoms with van der Waals surface area (Å²) in [5.74, 6) is -1.18. The number of rotatable bonds is 7. The first-order valence-corrected chi connectivity index (χ1v) is 6.51. The van der Waals surface area contributed by atoms with E-state index < -0.39 is 18.0 Å². The summed E-state index contributed by atoms with van der Waals surface area (Å²) in [6.45, 7) is 0.246. The van der Waals surface area contributed by atoms with E-state index in [0.29, 0.717) is 12.1 Å². The van der Waals surface area contributed by atoms with Gasteiger partial charge < -0.3 is 25.2 Å². The van der Waals surface area contributed by atoms with Crippen molar-refractivity contribution in [3.05, 3.63) is 23.8 Å². The molecule has 0 saturated carbocycles. The van der Waals surface area contributed by atoms with E-state index in [-0.39, 0.29) is 24.3 Å². The third-order valence-corrected chi connectivity index (χ3v) is 2.72. The highest BCUT2D eigenvalue weighted by molar-refractivity contribution is 5.95. The third-order valence-electron chi connectivity index (χ3n) is 2.72. The summed E-state index contributed by atoms with van der Waals surface area (Å²) >= 11 is 0. The Morgan fingerprint density at radius 1 is 1.23 bits per heavy atom. The van der Waals surface area contributed by atoms with E-state index >= 15 is 0 Å². The minimum absolute atomic E-state index is 0.0120. The van der Waals surface area contributed by atoms with Gasteiger partial charge in [-0.25, -0.2) is 9.59 Å². The molecule has 0 saturated heterocycles. The molecule has 0 atom stereocenters. The first kappa shape index (κ1) is 17.3. The van der Waals surface area contributed by atoms with Crippen LogP contribution in [0.25, 0.3) is 0 Å². The predicted octanol–water partition coefficient (Wildman–Crippen LogP) is 1.47. The molecule has 1 aromatic carbocycles. The number of carbonyl (C=O) groups excluding carboxylic acids is 2. The number of anilines is 1. The Hall–Kier alpha value is -2.77. The van der Waals surface area contributed by atoms with Crippen molar-refractivity contribution in [2.45, 2.75) is 12.8 Å². The quantitative estimate of drug-likeness (QED) is 0.519. The van der Waals surface area contributed by atoms with Gasteiger partial charge in [-0.15, -0.1) is 0 Å². The van der Waals surface area contributed by atoms with Crippen LogP contribution >= 0.6 is 0 Å². The maximum atomic E-state index is 11.6. The predicted molar refractivity (Wildman–Crippen MR) is 78.2 cm³/mol. The first-order chi connectivity index (χ1) is 10.5. The van der Waals surface area contributed by atoms with Crippen LogP contribution in [0.15, 0.2) is 18.2 Å². The molecule has 0 aliphatic rings. The number of carbonyl (C=O) groups is 3. The zero-order valence-electron chi connectivity index (χ0n) is 12.3. The number of nitrogens with one attached hydrogen (secondary N) is 2. The van der Waals surface area contributed by atoms with Gasteiger partial charge in [0.1, 0.15) is 11.3 Å². The zero-order chi connectivity index (χ0) is 16.5. The van der Waals surface area contributed by atoms with Crippen LogP contribution in [0.4, 0.5) is 10.5 Å². The topological polar surface area (TPSA) is 114 Å². The lowest BCUT2D eigenvalue weighted by Crippen LogP contribution is -2.29. The Kier molecular flexibility index (Phi) is 6.68. The number of amides is 2. The van der Waals surface area contributed by atoms with Gasteiger partial charge in [-0.3, -0.25) is 4.79 Å². The molecule has 0 aromatic heterocycles. The average Bonchev–Trinajstić information content (AvgIpc) is 2.50. The number of esters is 1. The second kappa shape index (κ2) is 8.50. The summed E-state index contributed by atoms with van der Waals surface area (Å²) in [6.07, 6.45) is 0.329. The smallest absolute Gasteiger partial charge is 0.341 e. The van der Waals surface area contributed by atoms with Crippen LogP contribution in [-0.2, 0) is 9.53 Å². The number of hydrogen-bond donors (Lipinski definition) is 3. The van der Waals surface area contributed by atoms with Gasteiger partial charge >= 0.3 is 18.0 Å². The van der Waals surface area contributed by atoms with Crippen molar-refractivity contribution in [3.63, 3.8) is 0 Å². The first-order valence-electron chi connectivity index (χ1n) is 6.51. The number of ether oxygens (including phenoxy) is 2. The summed E-state index contributed by atoms with van der Waals surface area (Å²) in [4.78, 5) is 33.5. The van der Waals surface area contributed by atoms with Crippen molar-refractivity contribution in [1.82, 2.24) is 5.32 Å². The van der Waals surface area contributed by atoms with Crippen LogP contribution in [0, 0.1) is 0 Å². The highest BCUT2D eigenvalue weighted by Gasteiger charge is 2.13. The maximum absolute atomic E-state index is 11.6. The second-order valence-electron chi connectivity index (χ2n) is 4.28. The standard InChI is InChI=1S/C14H18N2O6/c1-21-11-8-9(5-6-10(11)13(19)22-2)16-14(20)15-7-3-4-12(17)18/h5-6,8H,3-4,7H2,1-2H3,(H,17,18)(H2,15,16,20). The van der Waals surface area contributed by atoms with E-state index in [0.717, 1.165) is 0 Å². The van der Waals surface area contributed by atoms with Crippen LogP contribution < -0.4 is 15.4 Å². The highest BCUT2D eigenvalue weighted by atomic mass is 16.5. The van der Waals surface area contributed by atoms with E-state index in [1.165, 1.54) is 32.4 Å². The Labute approximate surface area is 127 Å². The molecule has 0 radical (unpaired) electrons. The van der Waals surface area contributed by atoms with Gasteiger partial charge in [-0.05, 0) is 18.6 Å². The maximum Gasteiger partial charge on any atom is 0.341 e. The summed E-state index contributed by atoms with van der Waals surface area (Å²) in [7, 11) is 2.66. The molecule has 0 fully saturated rings. The van der Waals surface area contributed by atoms with Gasteiger partial charge in [-0.2, -0.15) is 0 Å². The lowest BCUT2D eigenvalue weighted by Gasteiger charge is -2.11. The van der Waals surface area contributed by atoms with Crippen molar-refractivity contribution < 1.29 is 29.0 Å². The number of urea groups is 1. The molecular formula is C14H18N2O6. The Balaban J connectivity index is 2.60. The fourth-order valence-corrected chi connectivity index (χ4v) is 1.66. The molecule has 0 bridgehead atoms. The lowest BCUT2D eigenvalue weighted by atomic mass is 10.2. The number of aliphatic carboxylic acids is 1. The SMILES string of the molecule is COC(=O)c1ccc(NC(=O)NCCCC(=O)O)cc1OC. The summed E-state index contributed by atoms with van der Waals surface area (Å²) < 4.78 is 9.70. The highest BCUT2D eigenvalue weighted by Crippen LogP contribution is 2.23. The van der Waals surface area contributed by atoms with Gasteiger partial charge in [0.2, 0.25) is 0 Å². The van der Waals surface area contributed by atoms with Gasteiger partial charge in [0.05, 0.1) is 14.2 Å². The van der Waals surface area contributed by atoms with E-state index in [1.54, 1.807) is 0 Å². The molecule has 2 amide bonds. The number of hydrogen-bond acceptors (Lipinski definition) is 5. The van der Waals surface area contributed by atoms with Crippen LogP contribution in [0.2, 0.25) is 0 Å². The number of carboxylic acids is 1. The molecule has 0 aliphatic carbocycles. The van der Waals surface area contributed by atoms with Crippen LogP contribution in [-0.4, -0.2) is 43.8 Å². The third kappa shape index (κ3) is 5.31. The van der Waals surface area contributed by atoms with Crippen LogP contribution in [0.5, 0.6) is 5.75 Å². The average molecular weight is 310 g/mol. The molecule has 3 N–H and O–H groups in total.